The minimum atomic E-state index is -2.19. The van der Waals surface area contributed by atoms with Crippen LogP contribution in [0, 0.1) is 0 Å². The first kappa shape index (κ1) is 48.7. The molecule has 0 saturated heterocycles. The Morgan fingerprint density at radius 3 is 0.762 bits per heavy atom. The molecule has 0 unspecified atom stereocenters. The lowest BCUT2D eigenvalue weighted by Gasteiger charge is -2.43. The number of hydrogen-bond donors (Lipinski definition) is 0. The van der Waals surface area contributed by atoms with Crippen LogP contribution < -0.4 is 30.5 Å². The van der Waals surface area contributed by atoms with E-state index in [-0.39, 0.29) is 0 Å². The summed E-state index contributed by atoms with van der Waals surface area (Å²) in [5.74, 6) is 1.30. The summed E-state index contributed by atoms with van der Waals surface area (Å²) < 4.78 is 0. The van der Waals surface area contributed by atoms with E-state index in [1.807, 2.05) is 0 Å². The second-order valence-corrected chi connectivity index (χ2v) is 30.5. The van der Waals surface area contributed by atoms with E-state index >= 15 is 0 Å². The first-order valence-electron chi connectivity index (χ1n) is 27.5. The molecule has 0 spiro atoms. The van der Waals surface area contributed by atoms with Gasteiger partial charge in [0.2, 0.25) is 0 Å². The molecule has 0 N–H and O–H groups in total. The van der Waals surface area contributed by atoms with Crippen LogP contribution in [-0.4, -0.2) is 36.1 Å². The second-order valence-electron chi connectivity index (χ2n) is 21.8. The molecule has 0 bridgehead atoms. The standard InChI is InChI=1S/C72H56N6Si2/c1-79(2)67-37-21-17-33-61(67)77(62-34-18-22-38-68(62)79)65-45-53(71-73-57(49-25-9-5-10-26-49)47-58(74-71)50-27-11-6-12-28-50)41-43-55(65)56-44-42-54(72-75-59(51-29-13-7-14-30-51)48-60(76-72)52-31-15-8-16-32-52)46-66(56)78-63-35-19-23-39-69(63)80(3,4)70-40-24-20-36-64(70)78/h5-48H,1-4H3. The van der Waals surface area contributed by atoms with E-state index in [0.717, 1.165) is 78.7 Å². The predicted molar refractivity (Wildman–Crippen MR) is 339 cm³/mol. The van der Waals surface area contributed by atoms with E-state index in [1.165, 1.54) is 43.5 Å². The van der Waals surface area contributed by atoms with E-state index in [4.69, 9.17) is 19.9 Å². The predicted octanol–water partition coefficient (Wildman–Crippen LogP) is 16.1. The van der Waals surface area contributed by atoms with E-state index in [0.29, 0.717) is 11.6 Å². The number of anilines is 6. The van der Waals surface area contributed by atoms with Gasteiger partial charge in [-0.05, 0) is 69.3 Å². The highest BCUT2D eigenvalue weighted by Crippen LogP contribution is 2.50. The summed E-state index contributed by atoms with van der Waals surface area (Å²) in [6, 6.07) is 96.0. The zero-order chi connectivity index (χ0) is 54.0. The fourth-order valence-electron chi connectivity index (χ4n) is 12.2. The summed E-state index contributed by atoms with van der Waals surface area (Å²) >= 11 is 0. The Balaban J connectivity index is 1.07. The zero-order valence-electron chi connectivity index (χ0n) is 45.1. The molecular weight excluding hydrogens is 1010 g/mol. The molecule has 0 aliphatic carbocycles. The van der Waals surface area contributed by atoms with Crippen molar-refractivity contribution in [3.63, 3.8) is 0 Å². The van der Waals surface area contributed by atoms with Gasteiger partial charge >= 0.3 is 0 Å². The van der Waals surface area contributed by atoms with E-state index in [2.05, 4.69) is 303 Å². The highest BCUT2D eigenvalue weighted by atomic mass is 28.3. The van der Waals surface area contributed by atoms with Crippen LogP contribution in [0.5, 0.6) is 0 Å². The highest BCUT2D eigenvalue weighted by molar-refractivity contribution is 7.03. The largest absolute Gasteiger partial charge is 0.310 e. The maximum absolute atomic E-state index is 5.42. The molecule has 2 aliphatic rings. The molecule has 382 valence electrons. The van der Waals surface area contributed by atoms with Gasteiger partial charge in [0, 0.05) is 67.3 Å². The van der Waals surface area contributed by atoms with Crippen LogP contribution in [0.2, 0.25) is 26.2 Å². The van der Waals surface area contributed by atoms with Crippen molar-refractivity contribution in [2.24, 2.45) is 0 Å². The lowest BCUT2D eigenvalue weighted by molar-refractivity contribution is 1.18. The SMILES string of the molecule is C[Si]1(C)c2ccccc2N(c2cc(-c3nc(-c4ccccc4)cc(-c4ccccc4)n3)ccc2-c2ccc(-c3nc(-c4ccccc4)cc(-c4ccccc4)n3)cc2N2c3ccccc3[Si](C)(C)c3ccccc32)c2ccccc21. The van der Waals surface area contributed by atoms with Crippen molar-refractivity contribution in [3.8, 4) is 78.9 Å². The van der Waals surface area contributed by atoms with E-state index in [9.17, 15) is 0 Å². The third-order valence-corrected chi connectivity index (χ3v) is 23.4. The Labute approximate surface area is 470 Å². The number of nitrogens with zero attached hydrogens (tertiary/aromatic N) is 6. The van der Waals surface area contributed by atoms with Crippen molar-refractivity contribution >= 4 is 71.0 Å². The quantitative estimate of drug-likeness (QED) is 0.134. The zero-order valence-corrected chi connectivity index (χ0v) is 47.1. The molecule has 2 aliphatic heterocycles. The van der Waals surface area contributed by atoms with Gasteiger partial charge in [-0.1, -0.05) is 245 Å². The number of aromatic nitrogens is 4. The lowest BCUT2D eigenvalue weighted by atomic mass is 9.95. The molecule has 80 heavy (non-hydrogen) atoms. The van der Waals surface area contributed by atoms with Gasteiger partial charge in [0.1, 0.15) is 16.1 Å². The van der Waals surface area contributed by atoms with Gasteiger partial charge in [-0.25, -0.2) is 19.9 Å². The molecule has 0 radical (unpaired) electrons. The molecule has 0 saturated carbocycles. The molecule has 6 nitrogen and oxygen atoms in total. The maximum atomic E-state index is 5.42. The van der Waals surface area contributed by atoms with Gasteiger partial charge in [0.25, 0.3) is 0 Å². The maximum Gasteiger partial charge on any atom is 0.160 e. The summed E-state index contributed by atoms with van der Waals surface area (Å²) in [6.07, 6.45) is 0. The van der Waals surface area contributed by atoms with Crippen LogP contribution in [0.4, 0.5) is 34.1 Å². The van der Waals surface area contributed by atoms with Gasteiger partial charge in [0.15, 0.2) is 11.6 Å². The van der Waals surface area contributed by atoms with Crippen LogP contribution in [0.15, 0.2) is 267 Å². The minimum Gasteiger partial charge on any atom is -0.310 e. The Morgan fingerprint density at radius 1 is 0.237 bits per heavy atom. The van der Waals surface area contributed by atoms with Crippen LogP contribution >= 0.6 is 0 Å². The van der Waals surface area contributed by atoms with Crippen molar-refractivity contribution in [1.82, 2.24) is 19.9 Å². The number of para-hydroxylation sites is 4. The average Bonchev–Trinajstić information content (AvgIpc) is 3.10. The van der Waals surface area contributed by atoms with E-state index in [1.54, 1.807) is 0 Å². The lowest BCUT2D eigenvalue weighted by Crippen LogP contribution is -2.58. The van der Waals surface area contributed by atoms with Crippen LogP contribution in [0.25, 0.3) is 78.9 Å². The first-order chi connectivity index (χ1) is 39.2. The van der Waals surface area contributed by atoms with Crippen LogP contribution in [0.3, 0.4) is 0 Å². The fraction of sp³-hybridized carbons (Fsp3) is 0.0556. The minimum absolute atomic E-state index is 0.651. The third-order valence-electron chi connectivity index (χ3n) is 16.3. The van der Waals surface area contributed by atoms with E-state index < -0.39 is 16.1 Å². The summed E-state index contributed by atoms with van der Waals surface area (Å²) in [5, 5.41) is 5.54. The first-order valence-corrected chi connectivity index (χ1v) is 33.5. The highest BCUT2D eigenvalue weighted by Gasteiger charge is 2.41. The van der Waals surface area contributed by atoms with Crippen molar-refractivity contribution in [2.45, 2.75) is 26.2 Å². The topological polar surface area (TPSA) is 58.0 Å². The number of rotatable bonds is 9. The van der Waals surface area contributed by atoms with Crippen molar-refractivity contribution in [1.29, 1.82) is 0 Å². The second kappa shape index (κ2) is 19.7. The molecule has 0 amide bonds. The van der Waals surface area contributed by atoms with Gasteiger partial charge in [-0.15, -0.1) is 0 Å². The molecule has 0 atom stereocenters. The molecule has 14 rings (SSSR count). The Hall–Kier alpha value is -9.61. The fourth-order valence-corrected chi connectivity index (χ4v) is 18.2. The normalized spacial score (nSPS) is 13.7. The Morgan fingerprint density at radius 2 is 0.487 bits per heavy atom. The summed E-state index contributed by atoms with van der Waals surface area (Å²) in [7, 11) is -4.38. The molecule has 2 aromatic heterocycles. The number of benzene rings is 10. The van der Waals surface area contributed by atoms with Crippen molar-refractivity contribution in [3.05, 3.63) is 267 Å². The van der Waals surface area contributed by atoms with Crippen LogP contribution in [0.1, 0.15) is 0 Å². The monoisotopic (exact) mass is 1060 g/mol. The number of fused-ring (bicyclic) bond motifs is 4. The molecule has 4 heterocycles. The Kier molecular flexibility index (Phi) is 12.0. The molecule has 8 heteroatoms. The molecule has 12 aromatic rings. The third kappa shape index (κ3) is 8.39. The van der Waals surface area contributed by atoms with Crippen LogP contribution in [-0.2, 0) is 0 Å². The summed E-state index contributed by atoms with van der Waals surface area (Å²) in [4.78, 5) is 26.7. The molecular formula is C72H56N6Si2. The molecule has 10 aromatic carbocycles. The average molecular weight is 1060 g/mol. The Bertz CT molecular complexity index is 3830. The molecule has 0 fully saturated rings. The van der Waals surface area contributed by atoms with Crippen molar-refractivity contribution in [2.75, 3.05) is 9.80 Å². The summed E-state index contributed by atoms with van der Waals surface area (Å²) in [6.45, 7) is 9.94. The van der Waals surface area contributed by atoms with Gasteiger partial charge in [0.05, 0.1) is 34.2 Å². The van der Waals surface area contributed by atoms with Gasteiger partial charge in [-0.2, -0.15) is 0 Å². The van der Waals surface area contributed by atoms with Gasteiger partial charge in [-0.3, -0.25) is 0 Å². The van der Waals surface area contributed by atoms with Crippen molar-refractivity contribution < 1.29 is 0 Å². The van der Waals surface area contributed by atoms with Gasteiger partial charge < -0.3 is 9.80 Å². The smallest absolute Gasteiger partial charge is 0.160 e. The summed E-state index contributed by atoms with van der Waals surface area (Å²) in [5.41, 5.74) is 18.3. The number of hydrogen-bond acceptors (Lipinski definition) is 6.